The van der Waals surface area contributed by atoms with Crippen molar-refractivity contribution in [3.05, 3.63) is 0 Å². The maximum Gasteiger partial charge on any atom is 0.0594 e. The summed E-state index contributed by atoms with van der Waals surface area (Å²) >= 11 is 0. The molecule has 1 aliphatic rings. The molecule has 0 aliphatic heterocycles. The van der Waals surface area contributed by atoms with Gasteiger partial charge in [-0.25, -0.2) is 0 Å². The predicted molar refractivity (Wildman–Crippen MR) is 61.9 cm³/mol. The first kappa shape index (κ1) is 12.9. The van der Waals surface area contributed by atoms with Crippen LogP contribution in [0.25, 0.3) is 0 Å². The predicted octanol–water partition coefficient (Wildman–Crippen LogP) is 1.55. The monoisotopic (exact) mass is 215 g/mol. The van der Waals surface area contributed by atoms with E-state index >= 15 is 0 Å². The number of aliphatic hydroxyl groups excluding tert-OH is 1. The molecule has 2 N–H and O–H groups in total. The van der Waals surface area contributed by atoms with E-state index in [1.54, 1.807) is 0 Å². The normalized spacial score (nSPS) is 27.2. The Labute approximate surface area is 93.2 Å². The van der Waals surface area contributed by atoms with Crippen LogP contribution in [0, 0.1) is 5.92 Å². The highest BCUT2D eigenvalue weighted by Gasteiger charge is 2.23. The molecule has 1 aliphatic carbocycles. The summed E-state index contributed by atoms with van der Waals surface area (Å²) in [7, 11) is 0. The Balaban J connectivity index is 2.12. The maximum atomic E-state index is 9.23. The van der Waals surface area contributed by atoms with Gasteiger partial charge in [-0.15, -0.1) is 0 Å². The molecule has 1 fully saturated rings. The molecule has 0 amide bonds. The molecule has 0 heterocycles. The maximum absolute atomic E-state index is 9.23. The lowest BCUT2D eigenvalue weighted by Crippen LogP contribution is -2.41. The highest BCUT2D eigenvalue weighted by Crippen LogP contribution is 2.23. The molecule has 0 saturated heterocycles. The zero-order valence-electron chi connectivity index (χ0n) is 10.0. The van der Waals surface area contributed by atoms with Gasteiger partial charge in [0.2, 0.25) is 0 Å². The van der Waals surface area contributed by atoms with Crippen molar-refractivity contribution >= 4 is 0 Å². The van der Waals surface area contributed by atoms with E-state index in [0.717, 1.165) is 13.2 Å². The molecular formula is C12H25NO2. The van der Waals surface area contributed by atoms with Gasteiger partial charge in [0.15, 0.2) is 0 Å². The number of hydrogen-bond acceptors (Lipinski definition) is 3. The van der Waals surface area contributed by atoms with Gasteiger partial charge in [-0.1, -0.05) is 12.8 Å². The van der Waals surface area contributed by atoms with Crippen molar-refractivity contribution in [2.45, 2.75) is 51.7 Å². The second-order valence-electron chi connectivity index (χ2n) is 4.71. The van der Waals surface area contributed by atoms with Crippen LogP contribution in [-0.2, 0) is 4.74 Å². The van der Waals surface area contributed by atoms with Gasteiger partial charge in [0.25, 0.3) is 0 Å². The summed E-state index contributed by atoms with van der Waals surface area (Å²) in [6.45, 7) is 6.10. The van der Waals surface area contributed by atoms with E-state index in [0.29, 0.717) is 24.7 Å². The third-order valence-corrected chi connectivity index (χ3v) is 3.10. The second kappa shape index (κ2) is 7.20. The van der Waals surface area contributed by atoms with Crippen molar-refractivity contribution in [3.63, 3.8) is 0 Å². The summed E-state index contributed by atoms with van der Waals surface area (Å²) < 4.78 is 5.48. The first-order chi connectivity index (χ1) is 7.24. The molecule has 90 valence electrons. The lowest BCUT2D eigenvalue weighted by Gasteiger charge is -2.31. The van der Waals surface area contributed by atoms with Crippen molar-refractivity contribution in [3.8, 4) is 0 Å². The van der Waals surface area contributed by atoms with E-state index in [2.05, 4.69) is 19.2 Å². The zero-order valence-corrected chi connectivity index (χ0v) is 10.0. The standard InChI is InChI=1S/C12H25NO2/c1-10(2)15-8-7-13-12-6-4-3-5-11(12)9-14/h10-14H,3-9H2,1-2H3. The van der Waals surface area contributed by atoms with Gasteiger partial charge in [0.05, 0.1) is 12.7 Å². The molecule has 0 aromatic carbocycles. The van der Waals surface area contributed by atoms with Crippen LogP contribution in [0.3, 0.4) is 0 Å². The third-order valence-electron chi connectivity index (χ3n) is 3.10. The number of rotatable bonds is 6. The lowest BCUT2D eigenvalue weighted by molar-refractivity contribution is 0.0737. The van der Waals surface area contributed by atoms with Crippen molar-refractivity contribution in [1.82, 2.24) is 5.32 Å². The van der Waals surface area contributed by atoms with Crippen LogP contribution >= 0.6 is 0 Å². The highest BCUT2D eigenvalue weighted by molar-refractivity contribution is 4.80. The molecule has 2 unspecified atom stereocenters. The number of aliphatic hydroxyl groups is 1. The van der Waals surface area contributed by atoms with Crippen LogP contribution in [0.1, 0.15) is 39.5 Å². The van der Waals surface area contributed by atoms with Gasteiger partial charge in [-0.05, 0) is 32.6 Å². The average molecular weight is 215 g/mol. The van der Waals surface area contributed by atoms with E-state index in [1.807, 2.05) is 0 Å². The second-order valence-corrected chi connectivity index (χ2v) is 4.71. The van der Waals surface area contributed by atoms with Crippen molar-refractivity contribution in [2.24, 2.45) is 5.92 Å². The Bertz CT molecular complexity index is 162. The van der Waals surface area contributed by atoms with Crippen molar-refractivity contribution in [1.29, 1.82) is 0 Å². The average Bonchev–Trinajstić information content (AvgIpc) is 2.24. The molecule has 0 bridgehead atoms. The SMILES string of the molecule is CC(C)OCCNC1CCCCC1CO. The van der Waals surface area contributed by atoms with E-state index in [9.17, 15) is 5.11 Å². The summed E-state index contributed by atoms with van der Waals surface area (Å²) in [5.74, 6) is 0.456. The van der Waals surface area contributed by atoms with E-state index in [-0.39, 0.29) is 0 Å². The molecule has 3 nitrogen and oxygen atoms in total. The van der Waals surface area contributed by atoms with E-state index < -0.39 is 0 Å². The first-order valence-corrected chi connectivity index (χ1v) is 6.20. The molecule has 0 radical (unpaired) electrons. The van der Waals surface area contributed by atoms with Gasteiger partial charge < -0.3 is 15.2 Å². The lowest BCUT2D eigenvalue weighted by atomic mass is 9.85. The Kier molecular flexibility index (Phi) is 6.22. The fraction of sp³-hybridized carbons (Fsp3) is 1.00. The summed E-state index contributed by atoms with van der Waals surface area (Å²) in [5.41, 5.74) is 0. The van der Waals surface area contributed by atoms with Crippen LogP contribution < -0.4 is 5.32 Å². The fourth-order valence-corrected chi connectivity index (χ4v) is 2.23. The fourth-order valence-electron chi connectivity index (χ4n) is 2.23. The van der Waals surface area contributed by atoms with E-state index in [1.165, 1.54) is 25.7 Å². The quantitative estimate of drug-likeness (QED) is 0.661. The van der Waals surface area contributed by atoms with Crippen LogP contribution in [0.15, 0.2) is 0 Å². The topological polar surface area (TPSA) is 41.5 Å². The highest BCUT2D eigenvalue weighted by atomic mass is 16.5. The van der Waals surface area contributed by atoms with Gasteiger partial charge in [0, 0.05) is 19.2 Å². The molecule has 1 rings (SSSR count). The summed E-state index contributed by atoms with van der Waals surface area (Å²) in [6.07, 6.45) is 5.24. The minimum atomic E-state index is 0.312. The van der Waals surface area contributed by atoms with Gasteiger partial charge in [-0.3, -0.25) is 0 Å². The summed E-state index contributed by atoms with van der Waals surface area (Å²) in [4.78, 5) is 0. The van der Waals surface area contributed by atoms with Crippen molar-refractivity contribution in [2.75, 3.05) is 19.8 Å². The molecular weight excluding hydrogens is 190 g/mol. The molecule has 2 atom stereocenters. The molecule has 3 heteroatoms. The zero-order chi connectivity index (χ0) is 11.1. The first-order valence-electron chi connectivity index (χ1n) is 6.20. The van der Waals surface area contributed by atoms with Crippen LogP contribution in [0.4, 0.5) is 0 Å². The van der Waals surface area contributed by atoms with Crippen LogP contribution in [0.2, 0.25) is 0 Å². The van der Waals surface area contributed by atoms with E-state index in [4.69, 9.17) is 4.74 Å². The van der Waals surface area contributed by atoms with Gasteiger partial charge in [0.1, 0.15) is 0 Å². The number of nitrogens with one attached hydrogen (secondary N) is 1. The van der Waals surface area contributed by atoms with Crippen molar-refractivity contribution < 1.29 is 9.84 Å². The summed E-state index contributed by atoms with van der Waals surface area (Å²) in [6, 6.07) is 0.500. The molecule has 15 heavy (non-hydrogen) atoms. The Hall–Kier alpha value is -0.120. The van der Waals surface area contributed by atoms with Gasteiger partial charge >= 0.3 is 0 Å². The Morgan fingerprint density at radius 2 is 2.07 bits per heavy atom. The minimum absolute atomic E-state index is 0.312. The van der Waals surface area contributed by atoms with Gasteiger partial charge in [-0.2, -0.15) is 0 Å². The minimum Gasteiger partial charge on any atom is -0.396 e. The molecule has 0 aromatic rings. The molecule has 0 spiro atoms. The number of hydrogen-bond donors (Lipinski definition) is 2. The van der Waals surface area contributed by atoms with Crippen LogP contribution in [0.5, 0.6) is 0 Å². The summed E-state index contributed by atoms with van der Waals surface area (Å²) in [5, 5.41) is 12.7. The smallest absolute Gasteiger partial charge is 0.0594 e. The third kappa shape index (κ3) is 4.96. The Morgan fingerprint density at radius 1 is 1.33 bits per heavy atom. The Morgan fingerprint density at radius 3 is 2.73 bits per heavy atom. The molecule has 1 saturated carbocycles. The van der Waals surface area contributed by atoms with Crippen LogP contribution in [-0.4, -0.2) is 37.0 Å². The molecule has 0 aromatic heterocycles. The number of ether oxygens (including phenoxy) is 1. The largest absolute Gasteiger partial charge is 0.396 e.